The van der Waals surface area contributed by atoms with Gasteiger partial charge in [0.15, 0.2) is 11.6 Å². The molecule has 1 aliphatic carbocycles. The Morgan fingerprint density at radius 1 is 0.810 bits per heavy atom. The van der Waals surface area contributed by atoms with Gasteiger partial charge in [-0.15, -0.1) is 0 Å². The lowest BCUT2D eigenvalue weighted by Gasteiger charge is -2.22. The van der Waals surface area contributed by atoms with E-state index in [2.05, 4.69) is 5.32 Å². The maximum Gasteiger partial charge on any atom is 0.196 e. The normalized spacial score (nSPS) is 13.0. The van der Waals surface area contributed by atoms with E-state index < -0.39 is 0 Å². The molecule has 0 heterocycles. The summed E-state index contributed by atoms with van der Waals surface area (Å²) in [4.78, 5) is 25.3. The first-order chi connectivity index (χ1) is 9.99. The molecule has 0 unspecified atom stereocenters. The van der Waals surface area contributed by atoms with Gasteiger partial charge in [0.25, 0.3) is 0 Å². The molecule has 0 aromatic heterocycles. The topological polar surface area (TPSA) is 46.2 Å². The molecule has 0 aliphatic heterocycles. The van der Waals surface area contributed by atoms with Gasteiger partial charge in [-0.1, -0.05) is 59.1 Å². The van der Waals surface area contributed by atoms with E-state index in [1.807, 2.05) is 0 Å². The van der Waals surface area contributed by atoms with Crippen LogP contribution in [0.4, 0.5) is 5.69 Å². The van der Waals surface area contributed by atoms with Gasteiger partial charge in [0.1, 0.15) is 0 Å². The SMILES string of the molecule is CNc1c(Cl)c(Cl)c(Cl)c2c1C(=O)c1ccccc1C2=O. The summed E-state index contributed by atoms with van der Waals surface area (Å²) in [7, 11) is 1.60. The van der Waals surface area contributed by atoms with Crippen molar-refractivity contribution in [3.8, 4) is 0 Å². The average molecular weight is 341 g/mol. The summed E-state index contributed by atoms with van der Waals surface area (Å²) in [5.41, 5.74) is 1.23. The van der Waals surface area contributed by atoms with Crippen molar-refractivity contribution >= 4 is 52.1 Å². The number of nitrogens with one attached hydrogen (secondary N) is 1. The van der Waals surface area contributed by atoms with Crippen molar-refractivity contribution in [1.29, 1.82) is 0 Å². The molecular weight excluding hydrogens is 333 g/mol. The van der Waals surface area contributed by atoms with Crippen LogP contribution in [0.1, 0.15) is 31.8 Å². The third-order valence-corrected chi connectivity index (χ3v) is 4.77. The first-order valence-corrected chi connectivity index (χ1v) is 7.19. The van der Waals surface area contributed by atoms with Gasteiger partial charge in [-0.3, -0.25) is 9.59 Å². The van der Waals surface area contributed by atoms with Crippen LogP contribution >= 0.6 is 34.8 Å². The van der Waals surface area contributed by atoms with E-state index in [1.54, 1.807) is 31.3 Å². The zero-order valence-corrected chi connectivity index (χ0v) is 13.0. The molecule has 0 spiro atoms. The van der Waals surface area contributed by atoms with E-state index in [1.165, 1.54) is 0 Å². The van der Waals surface area contributed by atoms with Crippen LogP contribution in [0.25, 0.3) is 0 Å². The van der Waals surface area contributed by atoms with Crippen molar-refractivity contribution in [1.82, 2.24) is 0 Å². The Kier molecular flexibility index (Phi) is 3.44. The largest absolute Gasteiger partial charge is 0.386 e. The van der Waals surface area contributed by atoms with E-state index in [9.17, 15) is 9.59 Å². The first kappa shape index (κ1) is 14.4. The zero-order chi connectivity index (χ0) is 15.3. The van der Waals surface area contributed by atoms with Crippen LogP contribution in [0.3, 0.4) is 0 Å². The molecule has 0 amide bonds. The highest BCUT2D eigenvalue weighted by Gasteiger charge is 2.36. The predicted molar refractivity (Wildman–Crippen MR) is 84.3 cm³/mol. The third-order valence-electron chi connectivity index (χ3n) is 3.44. The average Bonchev–Trinajstić information content (AvgIpc) is 2.50. The molecule has 2 aromatic carbocycles. The summed E-state index contributed by atoms with van der Waals surface area (Å²) in [5, 5.41) is 3.01. The Hall–Kier alpha value is -1.55. The molecule has 0 radical (unpaired) electrons. The highest BCUT2D eigenvalue weighted by Crippen LogP contribution is 2.45. The number of hydrogen-bond donors (Lipinski definition) is 1. The summed E-state index contributed by atoms with van der Waals surface area (Å²) >= 11 is 18.4. The minimum absolute atomic E-state index is 0.00326. The summed E-state index contributed by atoms with van der Waals surface area (Å²) in [5.74, 6) is -0.634. The molecule has 106 valence electrons. The Morgan fingerprint density at radius 3 is 1.86 bits per heavy atom. The van der Waals surface area contributed by atoms with Crippen molar-refractivity contribution in [3.05, 3.63) is 61.6 Å². The van der Waals surface area contributed by atoms with Crippen molar-refractivity contribution < 1.29 is 9.59 Å². The first-order valence-electron chi connectivity index (χ1n) is 6.05. The Bertz CT molecular complexity index is 815. The van der Waals surface area contributed by atoms with Crippen molar-refractivity contribution in [3.63, 3.8) is 0 Å². The van der Waals surface area contributed by atoms with Crippen LogP contribution in [0.15, 0.2) is 24.3 Å². The number of ketones is 2. The second kappa shape index (κ2) is 5.02. The van der Waals surface area contributed by atoms with Crippen LogP contribution in [0.2, 0.25) is 15.1 Å². The van der Waals surface area contributed by atoms with Crippen LogP contribution in [0, 0.1) is 0 Å². The third kappa shape index (κ3) is 1.89. The van der Waals surface area contributed by atoms with Gasteiger partial charge in [0.05, 0.1) is 31.9 Å². The number of hydrogen-bond acceptors (Lipinski definition) is 3. The number of fused-ring (bicyclic) bond motifs is 2. The molecule has 0 saturated heterocycles. The molecule has 1 aliphatic rings. The fourth-order valence-corrected chi connectivity index (χ4v) is 3.28. The number of anilines is 1. The highest BCUT2D eigenvalue weighted by atomic mass is 35.5. The maximum atomic E-state index is 12.7. The lowest BCUT2D eigenvalue weighted by molar-refractivity contribution is 0.0980. The number of carbonyl (C=O) groups excluding carboxylic acids is 2. The van der Waals surface area contributed by atoms with Gasteiger partial charge in [0, 0.05) is 18.2 Å². The van der Waals surface area contributed by atoms with Gasteiger partial charge in [-0.05, 0) is 0 Å². The summed E-state index contributed by atoms with van der Waals surface area (Å²) in [6, 6.07) is 6.59. The fraction of sp³-hybridized carbons (Fsp3) is 0.0667. The summed E-state index contributed by atoms with van der Waals surface area (Å²) in [6.07, 6.45) is 0. The molecule has 0 bridgehead atoms. The highest BCUT2D eigenvalue weighted by molar-refractivity contribution is 6.52. The molecule has 6 heteroatoms. The van der Waals surface area contributed by atoms with E-state index in [-0.39, 0.29) is 37.8 Å². The molecule has 3 rings (SSSR count). The Labute approximate surface area is 135 Å². The molecule has 0 fully saturated rings. The predicted octanol–water partition coefficient (Wildman–Crippen LogP) is 4.46. The molecular formula is C15H8Cl3NO2. The standard InChI is InChI=1S/C15H8Cl3NO2/c1-19-13-9-8(10(16)11(17)12(13)18)14(20)6-4-2-3-5-7(6)15(9)21/h2-5,19H,1H3. The molecule has 1 N–H and O–H groups in total. The van der Waals surface area contributed by atoms with E-state index in [0.29, 0.717) is 16.8 Å². The summed E-state index contributed by atoms with van der Waals surface area (Å²) in [6.45, 7) is 0. The molecule has 0 atom stereocenters. The van der Waals surface area contributed by atoms with Gasteiger partial charge in [-0.2, -0.15) is 0 Å². The number of rotatable bonds is 1. The lowest BCUT2D eigenvalue weighted by Crippen LogP contribution is -2.23. The van der Waals surface area contributed by atoms with E-state index in [4.69, 9.17) is 34.8 Å². The quantitative estimate of drug-likeness (QED) is 0.665. The Balaban J connectivity index is 2.46. The molecule has 21 heavy (non-hydrogen) atoms. The second-order valence-electron chi connectivity index (χ2n) is 4.52. The van der Waals surface area contributed by atoms with Crippen molar-refractivity contribution in [2.45, 2.75) is 0 Å². The van der Waals surface area contributed by atoms with Gasteiger partial charge < -0.3 is 5.32 Å². The lowest BCUT2D eigenvalue weighted by atomic mass is 9.83. The van der Waals surface area contributed by atoms with Crippen LogP contribution in [-0.2, 0) is 0 Å². The van der Waals surface area contributed by atoms with Gasteiger partial charge >= 0.3 is 0 Å². The molecule has 0 saturated carbocycles. The van der Waals surface area contributed by atoms with Crippen molar-refractivity contribution in [2.24, 2.45) is 0 Å². The molecule has 2 aromatic rings. The van der Waals surface area contributed by atoms with Crippen molar-refractivity contribution in [2.75, 3.05) is 12.4 Å². The van der Waals surface area contributed by atoms with Gasteiger partial charge in [-0.25, -0.2) is 0 Å². The maximum absolute atomic E-state index is 12.7. The summed E-state index contributed by atoms with van der Waals surface area (Å²) < 4.78 is 0. The number of carbonyl (C=O) groups is 2. The van der Waals surface area contributed by atoms with E-state index >= 15 is 0 Å². The number of halogens is 3. The smallest absolute Gasteiger partial charge is 0.196 e. The molecule has 3 nitrogen and oxygen atoms in total. The second-order valence-corrected chi connectivity index (χ2v) is 5.65. The van der Waals surface area contributed by atoms with Crippen LogP contribution in [-0.4, -0.2) is 18.6 Å². The Morgan fingerprint density at radius 2 is 1.33 bits per heavy atom. The monoisotopic (exact) mass is 339 g/mol. The van der Waals surface area contributed by atoms with Crippen LogP contribution in [0.5, 0.6) is 0 Å². The van der Waals surface area contributed by atoms with Gasteiger partial charge in [0.2, 0.25) is 0 Å². The van der Waals surface area contributed by atoms with E-state index in [0.717, 1.165) is 0 Å². The fourth-order valence-electron chi connectivity index (χ4n) is 2.48. The van der Waals surface area contributed by atoms with Crippen LogP contribution < -0.4 is 5.32 Å². The zero-order valence-electron chi connectivity index (χ0n) is 10.8. The number of benzene rings is 2. The minimum Gasteiger partial charge on any atom is -0.386 e. The minimum atomic E-state index is -0.333.